The molecule has 2 rings (SSSR count). The summed E-state index contributed by atoms with van der Waals surface area (Å²) in [6.07, 6.45) is 0.0133. The zero-order valence-electron chi connectivity index (χ0n) is 16.4. The van der Waals surface area contributed by atoms with Crippen molar-refractivity contribution < 1.29 is 19.1 Å². The summed E-state index contributed by atoms with van der Waals surface area (Å²) in [6.45, 7) is 10.8. The Morgan fingerprint density at radius 3 is 2.50 bits per heavy atom. The molecule has 0 bridgehead atoms. The van der Waals surface area contributed by atoms with Crippen LogP contribution in [0.3, 0.4) is 0 Å². The Labute approximate surface area is 155 Å². The fourth-order valence-corrected chi connectivity index (χ4v) is 3.00. The SMILES string of the molecule is CC[C@]1(C)CN(C(=O)OC(C)(C)C)C[C@@H]1NC(=O)OCc1ccccc1. The number of likely N-dealkylation sites (tertiary alicyclic amines) is 1. The van der Waals surface area contributed by atoms with Crippen LogP contribution in [0.15, 0.2) is 30.3 Å². The lowest BCUT2D eigenvalue weighted by atomic mass is 9.83. The summed E-state index contributed by atoms with van der Waals surface area (Å²) in [5, 5.41) is 2.93. The van der Waals surface area contributed by atoms with Crippen molar-refractivity contribution in [3.8, 4) is 0 Å². The molecule has 0 saturated carbocycles. The normalized spacial score (nSPS) is 22.8. The number of hydrogen-bond acceptors (Lipinski definition) is 4. The predicted octanol–water partition coefficient (Wildman–Crippen LogP) is 3.95. The molecule has 0 aromatic heterocycles. The first kappa shape index (κ1) is 20.1. The number of benzene rings is 1. The summed E-state index contributed by atoms with van der Waals surface area (Å²) in [7, 11) is 0. The van der Waals surface area contributed by atoms with Gasteiger partial charge in [0.25, 0.3) is 0 Å². The highest BCUT2D eigenvalue weighted by Crippen LogP contribution is 2.34. The van der Waals surface area contributed by atoms with Crippen LogP contribution in [-0.2, 0) is 16.1 Å². The third-order valence-corrected chi connectivity index (χ3v) is 4.76. The van der Waals surface area contributed by atoms with E-state index in [0.717, 1.165) is 12.0 Å². The van der Waals surface area contributed by atoms with E-state index in [2.05, 4.69) is 19.2 Å². The molecule has 1 fully saturated rings. The van der Waals surface area contributed by atoms with E-state index in [4.69, 9.17) is 9.47 Å². The van der Waals surface area contributed by atoms with E-state index in [-0.39, 0.29) is 24.2 Å². The van der Waals surface area contributed by atoms with Crippen LogP contribution < -0.4 is 5.32 Å². The van der Waals surface area contributed by atoms with Crippen molar-refractivity contribution in [2.45, 2.75) is 59.3 Å². The topological polar surface area (TPSA) is 67.9 Å². The van der Waals surface area contributed by atoms with E-state index < -0.39 is 11.7 Å². The third-order valence-electron chi connectivity index (χ3n) is 4.76. The van der Waals surface area contributed by atoms with Gasteiger partial charge in [0.2, 0.25) is 0 Å². The van der Waals surface area contributed by atoms with Crippen LogP contribution in [0.4, 0.5) is 9.59 Å². The molecule has 1 aromatic carbocycles. The van der Waals surface area contributed by atoms with Gasteiger partial charge in [-0.15, -0.1) is 0 Å². The molecule has 1 aliphatic rings. The molecular formula is C20H30N2O4. The summed E-state index contributed by atoms with van der Waals surface area (Å²) in [6, 6.07) is 9.36. The number of carbonyl (C=O) groups is 2. The molecule has 6 nitrogen and oxygen atoms in total. The summed E-state index contributed by atoms with van der Waals surface area (Å²) >= 11 is 0. The molecule has 0 aliphatic carbocycles. The molecule has 1 saturated heterocycles. The molecule has 0 spiro atoms. The number of hydrogen-bond donors (Lipinski definition) is 1. The number of ether oxygens (including phenoxy) is 2. The molecule has 1 aromatic rings. The molecule has 0 unspecified atom stereocenters. The lowest BCUT2D eigenvalue weighted by Crippen LogP contribution is -2.45. The minimum atomic E-state index is -0.542. The van der Waals surface area contributed by atoms with Gasteiger partial charge < -0.3 is 19.7 Å². The van der Waals surface area contributed by atoms with Gasteiger partial charge >= 0.3 is 12.2 Å². The zero-order valence-corrected chi connectivity index (χ0v) is 16.4. The molecule has 1 N–H and O–H groups in total. The van der Waals surface area contributed by atoms with Crippen LogP contribution in [-0.4, -0.2) is 41.8 Å². The molecule has 2 atom stereocenters. The highest BCUT2D eigenvalue weighted by atomic mass is 16.6. The summed E-state index contributed by atoms with van der Waals surface area (Å²) in [5.41, 5.74) is 0.172. The van der Waals surface area contributed by atoms with E-state index in [1.165, 1.54) is 0 Å². The van der Waals surface area contributed by atoms with E-state index in [1.807, 2.05) is 51.1 Å². The molecule has 2 amide bonds. The maximum Gasteiger partial charge on any atom is 0.410 e. The minimum absolute atomic E-state index is 0.178. The number of nitrogens with one attached hydrogen (secondary N) is 1. The van der Waals surface area contributed by atoms with Crippen LogP contribution in [0.2, 0.25) is 0 Å². The Bertz CT molecular complexity index is 626. The molecule has 1 aliphatic heterocycles. The van der Waals surface area contributed by atoms with E-state index in [9.17, 15) is 9.59 Å². The number of nitrogens with zero attached hydrogens (tertiary/aromatic N) is 1. The van der Waals surface area contributed by atoms with Crippen LogP contribution in [0.25, 0.3) is 0 Å². The van der Waals surface area contributed by atoms with E-state index >= 15 is 0 Å². The van der Waals surface area contributed by atoms with Gasteiger partial charge in [-0.2, -0.15) is 0 Å². The van der Waals surface area contributed by atoms with Crippen LogP contribution in [0.5, 0.6) is 0 Å². The largest absolute Gasteiger partial charge is 0.445 e. The molecule has 26 heavy (non-hydrogen) atoms. The average molecular weight is 362 g/mol. The summed E-state index contributed by atoms with van der Waals surface area (Å²) < 4.78 is 10.8. The first-order valence-corrected chi connectivity index (χ1v) is 9.08. The van der Waals surface area contributed by atoms with Gasteiger partial charge in [0.1, 0.15) is 12.2 Å². The number of rotatable bonds is 4. The molecular weight excluding hydrogens is 332 g/mol. The highest BCUT2D eigenvalue weighted by Gasteiger charge is 2.45. The Hall–Kier alpha value is -2.24. The second-order valence-electron chi connectivity index (χ2n) is 8.13. The van der Waals surface area contributed by atoms with Gasteiger partial charge in [0, 0.05) is 18.5 Å². The van der Waals surface area contributed by atoms with Crippen molar-refractivity contribution in [2.24, 2.45) is 5.41 Å². The molecule has 144 valence electrons. The van der Waals surface area contributed by atoms with Crippen molar-refractivity contribution in [2.75, 3.05) is 13.1 Å². The van der Waals surface area contributed by atoms with Crippen molar-refractivity contribution in [1.29, 1.82) is 0 Å². The molecule has 6 heteroatoms. The zero-order chi connectivity index (χ0) is 19.4. The third kappa shape index (κ3) is 5.38. The fraction of sp³-hybridized carbons (Fsp3) is 0.600. The Morgan fingerprint density at radius 2 is 1.92 bits per heavy atom. The number of alkyl carbamates (subject to hydrolysis) is 1. The Balaban J connectivity index is 1.94. The summed E-state index contributed by atoms with van der Waals surface area (Å²) in [4.78, 5) is 26.2. The predicted molar refractivity (Wildman–Crippen MR) is 99.8 cm³/mol. The summed E-state index contributed by atoms with van der Waals surface area (Å²) in [5.74, 6) is 0. The first-order valence-electron chi connectivity index (χ1n) is 9.08. The van der Waals surface area contributed by atoms with Crippen molar-refractivity contribution >= 4 is 12.2 Å². The van der Waals surface area contributed by atoms with E-state index in [0.29, 0.717) is 13.1 Å². The maximum absolute atomic E-state index is 12.4. The monoisotopic (exact) mass is 362 g/mol. The molecule has 1 heterocycles. The maximum atomic E-state index is 12.4. The first-order chi connectivity index (χ1) is 12.1. The minimum Gasteiger partial charge on any atom is -0.445 e. The van der Waals surface area contributed by atoms with Gasteiger partial charge in [0.05, 0.1) is 6.04 Å². The Morgan fingerprint density at radius 1 is 1.27 bits per heavy atom. The van der Waals surface area contributed by atoms with Gasteiger partial charge in [-0.1, -0.05) is 44.2 Å². The van der Waals surface area contributed by atoms with Gasteiger partial charge in [-0.25, -0.2) is 9.59 Å². The second-order valence-corrected chi connectivity index (χ2v) is 8.13. The number of carbonyl (C=O) groups excluding carboxylic acids is 2. The van der Waals surface area contributed by atoms with Crippen molar-refractivity contribution in [1.82, 2.24) is 10.2 Å². The standard InChI is InChI=1S/C20H30N2O4/c1-6-20(5)14-22(18(24)26-19(2,3)4)12-16(20)21-17(23)25-13-15-10-8-7-9-11-15/h7-11,16H,6,12-14H2,1-5H3,(H,21,23)/t16-,20+/m0/s1. The average Bonchev–Trinajstić information content (AvgIpc) is 2.90. The smallest absolute Gasteiger partial charge is 0.410 e. The van der Waals surface area contributed by atoms with Gasteiger partial charge in [0.15, 0.2) is 0 Å². The van der Waals surface area contributed by atoms with Crippen molar-refractivity contribution in [3.05, 3.63) is 35.9 Å². The second kappa shape index (κ2) is 7.98. The highest BCUT2D eigenvalue weighted by molar-refractivity contribution is 5.70. The lowest BCUT2D eigenvalue weighted by Gasteiger charge is -2.29. The molecule has 0 radical (unpaired) electrons. The van der Waals surface area contributed by atoms with E-state index in [1.54, 1.807) is 4.90 Å². The van der Waals surface area contributed by atoms with Gasteiger partial charge in [-0.05, 0) is 32.8 Å². The number of amides is 2. The lowest BCUT2D eigenvalue weighted by molar-refractivity contribution is 0.0274. The fourth-order valence-electron chi connectivity index (χ4n) is 3.00. The van der Waals surface area contributed by atoms with Crippen LogP contribution in [0.1, 0.15) is 46.6 Å². The Kier molecular flexibility index (Phi) is 6.16. The van der Waals surface area contributed by atoms with Gasteiger partial charge in [-0.3, -0.25) is 0 Å². The van der Waals surface area contributed by atoms with Crippen LogP contribution >= 0.6 is 0 Å². The quantitative estimate of drug-likeness (QED) is 0.881. The van der Waals surface area contributed by atoms with Crippen molar-refractivity contribution in [3.63, 3.8) is 0 Å². The van der Waals surface area contributed by atoms with Crippen LogP contribution in [0, 0.1) is 5.41 Å².